The number of morpholine rings is 1. The number of rotatable bonds is 9. The van der Waals surface area contributed by atoms with Crippen molar-refractivity contribution < 1.29 is 14.3 Å². The number of nitrogens with zero attached hydrogens (tertiary/aromatic N) is 1. The van der Waals surface area contributed by atoms with Crippen molar-refractivity contribution in [3.05, 3.63) is 22.7 Å². The number of hydrogen-bond acceptors (Lipinski definition) is 5. The molecule has 6 nitrogen and oxygen atoms in total. The molecule has 1 fully saturated rings. The van der Waals surface area contributed by atoms with E-state index in [-0.39, 0.29) is 12.0 Å². The second-order valence-electron chi connectivity index (χ2n) is 6.64. The van der Waals surface area contributed by atoms with Crippen LogP contribution in [0.5, 0.6) is 5.75 Å². The third-order valence-electron chi connectivity index (χ3n) is 4.60. The largest absolute Gasteiger partial charge is 0.496 e. The van der Waals surface area contributed by atoms with E-state index < -0.39 is 0 Å². The summed E-state index contributed by atoms with van der Waals surface area (Å²) < 4.78 is 11.0. The van der Waals surface area contributed by atoms with E-state index in [2.05, 4.69) is 17.1 Å². The van der Waals surface area contributed by atoms with E-state index in [1.54, 1.807) is 6.07 Å². The lowest BCUT2D eigenvalue weighted by Crippen LogP contribution is -2.47. The van der Waals surface area contributed by atoms with E-state index in [1.807, 2.05) is 0 Å². The predicted molar refractivity (Wildman–Crippen MR) is 105 cm³/mol. The molecule has 1 aromatic rings. The van der Waals surface area contributed by atoms with Crippen molar-refractivity contribution in [1.29, 1.82) is 0 Å². The van der Waals surface area contributed by atoms with Gasteiger partial charge < -0.3 is 20.5 Å². The van der Waals surface area contributed by atoms with Crippen molar-refractivity contribution in [3.63, 3.8) is 0 Å². The molecule has 7 heteroatoms. The maximum Gasteiger partial charge on any atom is 0.255 e. The number of amides is 1. The maximum absolute atomic E-state index is 12.5. The van der Waals surface area contributed by atoms with E-state index in [9.17, 15) is 4.79 Å². The van der Waals surface area contributed by atoms with E-state index >= 15 is 0 Å². The number of benzene rings is 1. The van der Waals surface area contributed by atoms with Gasteiger partial charge in [-0.15, -0.1) is 0 Å². The summed E-state index contributed by atoms with van der Waals surface area (Å²) in [7, 11) is 1.50. The van der Waals surface area contributed by atoms with E-state index in [4.69, 9.17) is 26.8 Å². The van der Waals surface area contributed by atoms with Crippen LogP contribution in [0.2, 0.25) is 5.02 Å². The number of anilines is 1. The molecule has 1 unspecified atom stereocenters. The van der Waals surface area contributed by atoms with Gasteiger partial charge in [0.15, 0.2) is 0 Å². The molecule has 1 aliphatic rings. The average molecular weight is 384 g/mol. The number of carbonyl (C=O) groups is 1. The average Bonchev–Trinajstić information content (AvgIpc) is 2.65. The fraction of sp³-hybridized carbons (Fsp3) is 0.632. The van der Waals surface area contributed by atoms with Gasteiger partial charge in [-0.25, -0.2) is 0 Å². The molecule has 26 heavy (non-hydrogen) atoms. The van der Waals surface area contributed by atoms with Gasteiger partial charge >= 0.3 is 0 Å². The molecule has 0 spiro atoms. The highest BCUT2D eigenvalue weighted by Gasteiger charge is 2.22. The number of methoxy groups -OCH3 is 1. The number of halogens is 1. The van der Waals surface area contributed by atoms with Crippen molar-refractivity contribution in [2.75, 3.05) is 45.6 Å². The maximum atomic E-state index is 12.5. The normalized spacial score (nSPS) is 17.9. The quantitative estimate of drug-likeness (QED) is 0.506. The highest BCUT2D eigenvalue weighted by Crippen LogP contribution is 2.28. The summed E-state index contributed by atoms with van der Waals surface area (Å²) in [6, 6.07) is 3.10. The topological polar surface area (TPSA) is 76.8 Å². The first-order valence-corrected chi connectivity index (χ1v) is 9.68. The van der Waals surface area contributed by atoms with Gasteiger partial charge in [0.2, 0.25) is 0 Å². The molecule has 0 bridgehead atoms. The second kappa shape index (κ2) is 10.6. The summed E-state index contributed by atoms with van der Waals surface area (Å²) in [6.07, 6.45) is 5.02. The van der Waals surface area contributed by atoms with Gasteiger partial charge in [0.05, 0.1) is 36.1 Å². The van der Waals surface area contributed by atoms with Gasteiger partial charge in [-0.05, 0) is 19.0 Å². The Balaban J connectivity index is 1.84. The van der Waals surface area contributed by atoms with Gasteiger partial charge in [0.25, 0.3) is 5.91 Å². The summed E-state index contributed by atoms with van der Waals surface area (Å²) >= 11 is 6.03. The number of nitrogen functional groups attached to an aromatic ring is 1. The first-order chi connectivity index (χ1) is 12.5. The predicted octanol–water partition coefficient (Wildman–Crippen LogP) is 2.94. The first-order valence-electron chi connectivity index (χ1n) is 9.30. The Kier molecular flexibility index (Phi) is 8.48. The highest BCUT2D eigenvalue weighted by atomic mass is 35.5. The fourth-order valence-electron chi connectivity index (χ4n) is 3.09. The second-order valence-corrected chi connectivity index (χ2v) is 7.05. The number of ether oxygens (including phenoxy) is 2. The van der Waals surface area contributed by atoms with Crippen LogP contribution in [-0.2, 0) is 4.74 Å². The zero-order valence-electron chi connectivity index (χ0n) is 15.7. The minimum atomic E-state index is -0.243. The standard InChI is InChI=1S/C19H30ClN3O3/c1-3-4-5-6-7-23-8-9-26-14(13-23)12-22-19(24)15-10-16(20)17(21)11-18(15)25-2/h10-11,14H,3-9,12-13,21H2,1-2H3,(H,22,24). The van der Waals surface area contributed by atoms with E-state index in [0.29, 0.717) is 35.2 Å². The van der Waals surface area contributed by atoms with Crippen LogP contribution in [0.3, 0.4) is 0 Å². The molecule has 3 N–H and O–H groups in total. The van der Waals surface area contributed by atoms with Gasteiger partial charge in [-0.2, -0.15) is 0 Å². The number of unbranched alkanes of at least 4 members (excludes halogenated alkanes) is 3. The third kappa shape index (κ3) is 6.04. The summed E-state index contributed by atoms with van der Waals surface area (Å²) in [6.45, 7) is 6.26. The van der Waals surface area contributed by atoms with Crippen LogP contribution in [0.25, 0.3) is 0 Å². The minimum Gasteiger partial charge on any atom is -0.496 e. The molecule has 146 valence electrons. The Hall–Kier alpha value is -1.50. The number of hydrogen-bond donors (Lipinski definition) is 2. The lowest BCUT2D eigenvalue weighted by atomic mass is 10.1. The summed E-state index contributed by atoms with van der Waals surface area (Å²) in [4.78, 5) is 14.9. The zero-order valence-corrected chi connectivity index (χ0v) is 16.5. The molecule has 0 aliphatic carbocycles. The number of nitrogens with one attached hydrogen (secondary N) is 1. The van der Waals surface area contributed by atoms with Crippen LogP contribution in [0, 0.1) is 0 Å². The number of carbonyl (C=O) groups excluding carboxylic acids is 1. The monoisotopic (exact) mass is 383 g/mol. The molecule has 0 aromatic heterocycles. The van der Waals surface area contributed by atoms with Gasteiger partial charge in [-0.3, -0.25) is 9.69 Å². The molecule has 1 atom stereocenters. The van der Waals surface area contributed by atoms with Crippen LogP contribution < -0.4 is 15.8 Å². The molecule has 1 heterocycles. The van der Waals surface area contributed by atoms with Gasteiger partial charge in [0, 0.05) is 25.7 Å². The molecule has 1 saturated heterocycles. The van der Waals surface area contributed by atoms with Crippen molar-refractivity contribution in [1.82, 2.24) is 10.2 Å². The summed E-state index contributed by atoms with van der Waals surface area (Å²) in [5.41, 5.74) is 6.52. The van der Waals surface area contributed by atoms with E-state index in [1.165, 1.54) is 38.9 Å². The Labute approximate surface area is 161 Å². The molecule has 2 rings (SSSR count). The molecule has 1 aromatic carbocycles. The van der Waals surface area contributed by atoms with Crippen molar-refractivity contribution in [2.45, 2.75) is 38.7 Å². The minimum absolute atomic E-state index is 0.00544. The van der Waals surface area contributed by atoms with Gasteiger partial charge in [0.1, 0.15) is 5.75 Å². The zero-order chi connectivity index (χ0) is 18.9. The van der Waals surface area contributed by atoms with Crippen molar-refractivity contribution in [2.24, 2.45) is 0 Å². The lowest BCUT2D eigenvalue weighted by molar-refractivity contribution is -0.0267. The van der Waals surface area contributed by atoms with Crippen LogP contribution in [0.1, 0.15) is 43.0 Å². The Morgan fingerprint density at radius 3 is 2.96 bits per heavy atom. The first kappa shape index (κ1) is 20.8. The Bertz CT molecular complexity index is 598. The van der Waals surface area contributed by atoms with Crippen LogP contribution in [0.15, 0.2) is 12.1 Å². The van der Waals surface area contributed by atoms with Crippen LogP contribution >= 0.6 is 11.6 Å². The van der Waals surface area contributed by atoms with E-state index in [0.717, 1.165) is 19.6 Å². The van der Waals surface area contributed by atoms with Crippen molar-refractivity contribution in [3.8, 4) is 5.75 Å². The Morgan fingerprint density at radius 1 is 1.42 bits per heavy atom. The van der Waals surface area contributed by atoms with Crippen molar-refractivity contribution >= 4 is 23.2 Å². The van der Waals surface area contributed by atoms with Crippen LogP contribution in [-0.4, -0.2) is 56.8 Å². The SMILES string of the molecule is CCCCCCN1CCOC(CNC(=O)c2cc(Cl)c(N)cc2OC)C1. The number of nitrogens with two attached hydrogens (primary N) is 1. The molecular formula is C19H30ClN3O3. The summed E-state index contributed by atoms with van der Waals surface area (Å²) in [5, 5.41) is 3.25. The highest BCUT2D eigenvalue weighted by molar-refractivity contribution is 6.33. The smallest absolute Gasteiger partial charge is 0.255 e. The molecule has 1 aliphatic heterocycles. The molecule has 0 saturated carbocycles. The van der Waals surface area contributed by atoms with Gasteiger partial charge in [-0.1, -0.05) is 37.8 Å². The molecule has 1 amide bonds. The molecular weight excluding hydrogens is 354 g/mol. The summed E-state index contributed by atoms with van der Waals surface area (Å²) in [5.74, 6) is 0.166. The lowest BCUT2D eigenvalue weighted by Gasteiger charge is -2.33. The van der Waals surface area contributed by atoms with Crippen LogP contribution in [0.4, 0.5) is 5.69 Å². The molecule has 0 radical (unpaired) electrons. The Morgan fingerprint density at radius 2 is 2.23 bits per heavy atom. The fourth-order valence-corrected chi connectivity index (χ4v) is 3.25. The third-order valence-corrected chi connectivity index (χ3v) is 4.93.